The molecule has 0 fully saturated rings. The highest BCUT2D eigenvalue weighted by molar-refractivity contribution is 6.08. The fraction of sp³-hybridized carbons (Fsp3) is 0. The molecular weight excluding hydrogens is 655 g/mol. The minimum Gasteiger partial charge on any atom is -0.455 e. The molecule has 9 aromatic carbocycles. The fourth-order valence-corrected chi connectivity index (χ4v) is 7.93. The Hall–Kier alpha value is -7.16. The number of para-hydroxylation sites is 3. The predicted octanol–water partition coefficient (Wildman–Crippen LogP) is 14.8. The Kier molecular flexibility index (Phi) is 7.85. The maximum Gasteiger partial charge on any atom is 0.143 e. The highest BCUT2D eigenvalue weighted by Crippen LogP contribution is 2.52. The van der Waals surface area contributed by atoms with Crippen molar-refractivity contribution in [2.24, 2.45) is 0 Å². The lowest BCUT2D eigenvalue weighted by Crippen LogP contribution is -2.11. The molecule has 0 amide bonds. The molecular formula is C52H35NO. The van der Waals surface area contributed by atoms with E-state index in [1.165, 1.54) is 44.2 Å². The monoisotopic (exact) mass is 689 g/mol. The molecule has 2 nitrogen and oxygen atoms in total. The first kappa shape index (κ1) is 31.6. The van der Waals surface area contributed by atoms with Crippen LogP contribution in [0.15, 0.2) is 212 Å². The smallest absolute Gasteiger partial charge is 0.143 e. The molecule has 1 aliphatic heterocycles. The van der Waals surface area contributed by atoms with Crippen molar-refractivity contribution in [3.63, 3.8) is 0 Å². The Balaban J connectivity index is 1.11. The van der Waals surface area contributed by atoms with E-state index in [4.69, 9.17) is 4.74 Å². The van der Waals surface area contributed by atoms with E-state index in [1.807, 2.05) is 0 Å². The number of hydrogen-bond donors (Lipinski definition) is 0. The molecule has 9 aromatic rings. The summed E-state index contributed by atoms with van der Waals surface area (Å²) in [6, 6.07) is 75.7. The molecule has 0 radical (unpaired) electrons. The molecule has 0 atom stereocenters. The van der Waals surface area contributed by atoms with Gasteiger partial charge in [0.15, 0.2) is 0 Å². The van der Waals surface area contributed by atoms with Gasteiger partial charge in [0.1, 0.15) is 11.5 Å². The van der Waals surface area contributed by atoms with Gasteiger partial charge in [0, 0.05) is 39.2 Å². The van der Waals surface area contributed by atoms with E-state index in [2.05, 4.69) is 217 Å². The van der Waals surface area contributed by atoms with E-state index in [1.54, 1.807) is 0 Å². The fourth-order valence-electron chi connectivity index (χ4n) is 7.93. The van der Waals surface area contributed by atoms with Crippen LogP contribution in [0.4, 0.5) is 17.1 Å². The van der Waals surface area contributed by atoms with E-state index in [-0.39, 0.29) is 0 Å². The van der Waals surface area contributed by atoms with Gasteiger partial charge in [-0.15, -0.1) is 0 Å². The van der Waals surface area contributed by atoms with Crippen molar-refractivity contribution in [1.29, 1.82) is 0 Å². The van der Waals surface area contributed by atoms with Crippen LogP contribution in [0.5, 0.6) is 11.5 Å². The zero-order valence-electron chi connectivity index (χ0n) is 29.6. The molecule has 0 saturated carbocycles. The van der Waals surface area contributed by atoms with Gasteiger partial charge in [0.05, 0.1) is 5.69 Å². The summed E-state index contributed by atoms with van der Waals surface area (Å²) in [7, 11) is 0. The molecule has 54 heavy (non-hydrogen) atoms. The van der Waals surface area contributed by atoms with Crippen LogP contribution in [-0.2, 0) is 0 Å². The third-order valence-corrected chi connectivity index (χ3v) is 10.5. The average Bonchev–Trinajstić information content (AvgIpc) is 3.40. The first-order chi connectivity index (χ1) is 26.8. The topological polar surface area (TPSA) is 12.5 Å². The van der Waals surface area contributed by atoms with Gasteiger partial charge >= 0.3 is 0 Å². The maximum atomic E-state index is 6.94. The van der Waals surface area contributed by atoms with E-state index in [9.17, 15) is 0 Å². The first-order valence-corrected chi connectivity index (χ1v) is 18.4. The lowest BCUT2D eigenvalue weighted by Gasteiger charge is -2.28. The number of ether oxygens (including phenoxy) is 1. The largest absolute Gasteiger partial charge is 0.455 e. The molecule has 0 unspecified atom stereocenters. The Labute approximate surface area is 315 Å². The molecule has 254 valence electrons. The number of fused-ring (bicyclic) bond motifs is 7. The number of anilines is 3. The summed E-state index contributed by atoms with van der Waals surface area (Å²) in [5.41, 5.74) is 14.7. The zero-order valence-corrected chi connectivity index (χ0v) is 29.6. The third kappa shape index (κ3) is 5.53. The summed E-state index contributed by atoms with van der Waals surface area (Å²) in [5.74, 6) is 1.73. The average molecular weight is 690 g/mol. The summed E-state index contributed by atoms with van der Waals surface area (Å²) >= 11 is 0. The van der Waals surface area contributed by atoms with Gasteiger partial charge in [-0.05, 0) is 75.0 Å². The highest BCUT2D eigenvalue weighted by atomic mass is 16.5. The zero-order chi connectivity index (χ0) is 35.8. The summed E-state index contributed by atoms with van der Waals surface area (Å²) in [4.78, 5) is 2.36. The normalized spacial score (nSPS) is 11.5. The Morgan fingerprint density at radius 3 is 1.61 bits per heavy atom. The van der Waals surface area contributed by atoms with Crippen LogP contribution in [0, 0.1) is 0 Å². The quantitative estimate of drug-likeness (QED) is 0.172. The van der Waals surface area contributed by atoms with E-state index in [0.29, 0.717) is 0 Å². The molecule has 2 heteroatoms. The molecule has 0 aromatic heterocycles. The second-order valence-corrected chi connectivity index (χ2v) is 13.7. The summed E-state index contributed by atoms with van der Waals surface area (Å²) in [6.45, 7) is 0. The van der Waals surface area contributed by atoms with Gasteiger partial charge in [-0.1, -0.05) is 176 Å². The Morgan fingerprint density at radius 1 is 0.315 bits per heavy atom. The van der Waals surface area contributed by atoms with Crippen LogP contribution in [0.2, 0.25) is 0 Å². The Bertz CT molecular complexity index is 2770. The van der Waals surface area contributed by atoms with Crippen LogP contribution >= 0.6 is 0 Å². The van der Waals surface area contributed by atoms with Crippen molar-refractivity contribution in [3.8, 4) is 67.1 Å². The van der Waals surface area contributed by atoms with Crippen molar-refractivity contribution in [1.82, 2.24) is 0 Å². The van der Waals surface area contributed by atoms with Gasteiger partial charge in [-0.2, -0.15) is 0 Å². The summed E-state index contributed by atoms with van der Waals surface area (Å²) < 4.78 is 6.94. The number of benzene rings is 9. The lowest BCUT2D eigenvalue weighted by atomic mass is 9.88. The van der Waals surface area contributed by atoms with Crippen molar-refractivity contribution >= 4 is 27.8 Å². The number of nitrogens with zero attached hydrogens (tertiary/aromatic N) is 1. The molecule has 0 N–H and O–H groups in total. The highest BCUT2D eigenvalue weighted by Gasteiger charge is 2.25. The molecule has 0 spiro atoms. The first-order valence-electron chi connectivity index (χ1n) is 18.4. The molecule has 0 aliphatic carbocycles. The van der Waals surface area contributed by atoms with E-state index in [0.717, 1.165) is 50.8 Å². The minimum absolute atomic E-state index is 0.861. The summed E-state index contributed by atoms with van der Waals surface area (Å²) in [5, 5.41) is 2.43. The van der Waals surface area contributed by atoms with Gasteiger partial charge in [0.25, 0.3) is 0 Å². The maximum absolute atomic E-state index is 6.94. The molecule has 1 heterocycles. The van der Waals surface area contributed by atoms with E-state index >= 15 is 0 Å². The van der Waals surface area contributed by atoms with Crippen molar-refractivity contribution in [2.75, 3.05) is 4.90 Å². The second kappa shape index (κ2) is 13.4. The van der Waals surface area contributed by atoms with Crippen molar-refractivity contribution in [3.05, 3.63) is 212 Å². The predicted molar refractivity (Wildman–Crippen MR) is 226 cm³/mol. The molecule has 0 bridgehead atoms. The van der Waals surface area contributed by atoms with Crippen LogP contribution in [-0.4, -0.2) is 0 Å². The second-order valence-electron chi connectivity index (χ2n) is 13.7. The third-order valence-electron chi connectivity index (χ3n) is 10.5. The standard InChI is InChI=1S/C52H35NO/c1-3-14-36(15-4-1)37-26-31-41(32-27-37)53(49-24-11-9-19-43(49)38-16-5-2-6-17-38)42-33-28-40(29-34-42)45-22-13-23-48-51-44-20-8-7-18-39(44)30-35-47(51)46-21-10-12-25-50(46)54-52(45)48/h1-35H. The number of hydrogen-bond acceptors (Lipinski definition) is 2. The van der Waals surface area contributed by atoms with Gasteiger partial charge < -0.3 is 9.64 Å². The van der Waals surface area contributed by atoms with Gasteiger partial charge in [-0.25, -0.2) is 0 Å². The van der Waals surface area contributed by atoms with E-state index < -0.39 is 0 Å². The lowest BCUT2D eigenvalue weighted by molar-refractivity contribution is 0.489. The summed E-state index contributed by atoms with van der Waals surface area (Å²) in [6.07, 6.45) is 0. The Morgan fingerprint density at radius 2 is 0.852 bits per heavy atom. The van der Waals surface area contributed by atoms with Crippen molar-refractivity contribution in [2.45, 2.75) is 0 Å². The van der Waals surface area contributed by atoms with Crippen LogP contribution < -0.4 is 9.64 Å². The molecule has 10 rings (SSSR count). The van der Waals surface area contributed by atoms with Gasteiger partial charge in [0.2, 0.25) is 0 Å². The van der Waals surface area contributed by atoms with Crippen molar-refractivity contribution < 1.29 is 4.74 Å². The minimum atomic E-state index is 0.861. The molecule has 1 aliphatic rings. The SMILES string of the molecule is c1ccc(-c2ccc(N(c3ccc(-c4cccc5c4Oc4ccccc4-c4ccc6ccccc6c4-5)cc3)c3ccccc3-c3ccccc3)cc2)cc1. The molecule has 0 saturated heterocycles. The number of rotatable bonds is 6. The van der Waals surface area contributed by atoms with Crippen LogP contribution in [0.3, 0.4) is 0 Å². The van der Waals surface area contributed by atoms with Crippen LogP contribution in [0.1, 0.15) is 0 Å². The van der Waals surface area contributed by atoms with Crippen LogP contribution in [0.25, 0.3) is 66.4 Å². The van der Waals surface area contributed by atoms with Gasteiger partial charge in [-0.3, -0.25) is 0 Å².